The fourth-order valence-electron chi connectivity index (χ4n) is 0.392. The van der Waals surface area contributed by atoms with Crippen molar-refractivity contribution in [2.45, 2.75) is 0 Å². The van der Waals surface area contributed by atoms with E-state index in [4.69, 9.17) is 5.26 Å². The standard InChI is InChI=1S/C5H2N2OS/c6-1-5-7-4(2-8)3-9-5/h2-3H. The van der Waals surface area contributed by atoms with Gasteiger partial charge in [0.2, 0.25) is 0 Å². The number of aromatic nitrogens is 1. The van der Waals surface area contributed by atoms with Crippen LogP contribution in [0.2, 0.25) is 0 Å². The fourth-order valence-corrected chi connectivity index (χ4v) is 0.943. The van der Waals surface area contributed by atoms with Crippen molar-refractivity contribution >= 4 is 17.6 Å². The highest BCUT2D eigenvalue weighted by Crippen LogP contribution is 2.04. The topological polar surface area (TPSA) is 53.8 Å². The molecule has 0 aliphatic rings. The van der Waals surface area contributed by atoms with E-state index in [1.807, 2.05) is 6.07 Å². The van der Waals surface area contributed by atoms with Gasteiger partial charge in [-0.15, -0.1) is 11.3 Å². The fraction of sp³-hybridized carbons (Fsp3) is 0. The maximum atomic E-state index is 9.97. The second kappa shape index (κ2) is 2.37. The minimum atomic E-state index is 0.330. The summed E-state index contributed by atoms with van der Waals surface area (Å²) in [6, 6.07) is 1.83. The minimum Gasteiger partial charge on any atom is -0.296 e. The van der Waals surface area contributed by atoms with Crippen LogP contribution < -0.4 is 0 Å². The molecule has 1 rings (SSSR count). The van der Waals surface area contributed by atoms with E-state index in [0.717, 1.165) is 0 Å². The molecule has 0 fully saturated rings. The Hall–Kier alpha value is -1.21. The maximum absolute atomic E-state index is 9.97. The van der Waals surface area contributed by atoms with Gasteiger partial charge in [-0.2, -0.15) is 5.26 Å². The summed E-state index contributed by atoms with van der Waals surface area (Å²) in [6.07, 6.45) is 0.622. The Labute approximate surface area is 55.6 Å². The Kier molecular flexibility index (Phi) is 1.56. The first-order valence-corrected chi connectivity index (χ1v) is 3.05. The molecule has 1 aromatic heterocycles. The summed E-state index contributed by atoms with van der Waals surface area (Å²) >= 11 is 1.17. The van der Waals surface area contributed by atoms with Crippen LogP contribution in [0.4, 0.5) is 0 Å². The van der Waals surface area contributed by atoms with Crippen molar-refractivity contribution in [1.29, 1.82) is 5.26 Å². The molecule has 44 valence electrons. The van der Waals surface area contributed by atoms with Crippen molar-refractivity contribution in [2.75, 3.05) is 0 Å². The first-order valence-electron chi connectivity index (χ1n) is 2.17. The van der Waals surface area contributed by atoms with Crippen LogP contribution in [0.25, 0.3) is 0 Å². The van der Waals surface area contributed by atoms with Crippen LogP contribution in [-0.4, -0.2) is 11.3 Å². The molecule has 0 unspecified atom stereocenters. The summed E-state index contributed by atoms with van der Waals surface area (Å²) in [5.41, 5.74) is 0.330. The van der Waals surface area contributed by atoms with E-state index in [9.17, 15) is 4.79 Å². The van der Waals surface area contributed by atoms with E-state index in [0.29, 0.717) is 17.0 Å². The Balaban J connectivity index is 3.03. The van der Waals surface area contributed by atoms with Crippen LogP contribution in [0, 0.1) is 11.3 Å². The molecule has 0 aromatic carbocycles. The van der Waals surface area contributed by atoms with Gasteiger partial charge >= 0.3 is 0 Å². The number of carbonyl (C=O) groups excluding carboxylic acids is 1. The van der Waals surface area contributed by atoms with Crippen molar-refractivity contribution in [3.8, 4) is 6.07 Å². The molecule has 0 spiro atoms. The van der Waals surface area contributed by atoms with Gasteiger partial charge in [-0.1, -0.05) is 0 Å². The number of carbonyl (C=O) groups is 1. The van der Waals surface area contributed by atoms with Crippen LogP contribution in [-0.2, 0) is 0 Å². The van der Waals surface area contributed by atoms with Crippen LogP contribution in [0.15, 0.2) is 5.38 Å². The Morgan fingerprint density at radius 3 is 3.00 bits per heavy atom. The van der Waals surface area contributed by atoms with E-state index in [1.165, 1.54) is 11.3 Å². The molecule has 0 radical (unpaired) electrons. The molecule has 1 aromatic rings. The molecule has 0 atom stereocenters. The normalized spacial score (nSPS) is 8.33. The van der Waals surface area contributed by atoms with Crippen molar-refractivity contribution in [3.05, 3.63) is 16.1 Å². The van der Waals surface area contributed by atoms with Crippen molar-refractivity contribution in [2.24, 2.45) is 0 Å². The number of hydrogen-bond donors (Lipinski definition) is 0. The predicted octanol–water partition coefficient (Wildman–Crippen LogP) is 0.827. The number of thiazole rings is 1. The zero-order chi connectivity index (χ0) is 6.69. The van der Waals surface area contributed by atoms with Gasteiger partial charge in [0.25, 0.3) is 0 Å². The summed E-state index contributed by atoms with van der Waals surface area (Å²) in [5.74, 6) is 0. The molecule has 4 heteroatoms. The average Bonchev–Trinajstić information content (AvgIpc) is 2.34. The largest absolute Gasteiger partial charge is 0.296 e. The van der Waals surface area contributed by atoms with Crippen molar-refractivity contribution in [1.82, 2.24) is 4.98 Å². The lowest BCUT2D eigenvalue weighted by Gasteiger charge is -1.68. The van der Waals surface area contributed by atoms with Gasteiger partial charge in [-0.05, 0) is 0 Å². The monoisotopic (exact) mass is 138 g/mol. The maximum Gasteiger partial charge on any atom is 0.195 e. The summed E-state index contributed by atoms with van der Waals surface area (Å²) in [6.45, 7) is 0. The Bertz CT molecular complexity index is 260. The number of hydrogen-bond acceptors (Lipinski definition) is 4. The van der Waals surface area contributed by atoms with Gasteiger partial charge in [-0.25, -0.2) is 4.98 Å². The van der Waals surface area contributed by atoms with Crippen LogP contribution >= 0.6 is 11.3 Å². The summed E-state index contributed by atoms with van der Waals surface area (Å²) in [7, 11) is 0. The molecule has 0 N–H and O–H groups in total. The predicted molar refractivity (Wildman–Crippen MR) is 32.2 cm³/mol. The molecule has 0 saturated heterocycles. The quantitative estimate of drug-likeness (QED) is 0.540. The van der Waals surface area contributed by atoms with Gasteiger partial charge in [0.15, 0.2) is 11.3 Å². The van der Waals surface area contributed by atoms with Crippen molar-refractivity contribution < 1.29 is 4.79 Å². The molecule has 0 amide bonds. The van der Waals surface area contributed by atoms with E-state index in [1.54, 1.807) is 5.38 Å². The SMILES string of the molecule is N#Cc1nc(C=O)cs1. The lowest BCUT2D eigenvalue weighted by atomic mass is 10.6. The molecule has 0 aliphatic carbocycles. The van der Waals surface area contributed by atoms with Gasteiger partial charge in [0.05, 0.1) is 0 Å². The lowest BCUT2D eigenvalue weighted by molar-refractivity contribution is 0.111. The van der Waals surface area contributed by atoms with Gasteiger partial charge in [0.1, 0.15) is 11.8 Å². The first kappa shape index (κ1) is 5.92. The molecule has 0 saturated carbocycles. The van der Waals surface area contributed by atoms with Crippen molar-refractivity contribution in [3.63, 3.8) is 0 Å². The third kappa shape index (κ3) is 1.12. The second-order valence-corrected chi connectivity index (χ2v) is 2.17. The molecular formula is C5H2N2OS. The van der Waals surface area contributed by atoms with Crippen LogP contribution in [0.5, 0.6) is 0 Å². The minimum absolute atomic E-state index is 0.330. The first-order chi connectivity index (χ1) is 4.36. The van der Waals surface area contributed by atoms with E-state index >= 15 is 0 Å². The van der Waals surface area contributed by atoms with E-state index in [-0.39, 0.29) is 0 Å². The van der Waals surface area contributed by atoms with Gasteiger partial charge < -0.3 is 0 Å². The average molecular weight is 138 g/mol. The number of rotatable bonds is 1. The van der Waals surface area contributed by atoms with Gasteiger partial charge in [0, 0.05) is 5.38 Å². The Morgan fingerprint density at radius 1 is 1.89 bits per heavy atom. The highest BCUT2D eigenvalue weighted by Gasteiger charge is 1.96. The number of aldehydes is 1. The molecule has 0 bridgehead atoms. The third-order valence-corrected chi connectivity index (χ3v) is 1.50. The molecule has 1 heterocycles. The lowest BCUT2D eigenvalue weighted by Crippen LogP contribution is -1.77. The van der Waals surface area contributed by atoms with E-state index in [2.05, 4.69) is 4.98 Å². The molecule has 9 heavy (non-hydrogen) atoms. The van der Waals surface area contributed by atoms with E-state index < -0.39 is 0 Å². The highest BCUT2D eigenvalue weighted by molar-refractivity contribution is 7.10. The third-order valence-electron chi connectivity index (χ3n) is 0.738. The Morgan fingerprint density at radius 2 is 2.67 bits per heavy atom. The zero-order valence-corrected chi connectivity index (χ0v) is 5.18. The summed E-state index contributed by atoms with van der Waals surface area (Å²) in [5, 5.41) is 10.1. The van der Waals surface area contributed by atoms with Crippen LogP contribution in [0.1, 0.15) is 15.5 Å². The summed E-state index contributed by atoms with van der Waals surface area (Å²) in [4.78, 5) is 13.6. The van der Waals surface area contributed by atoms with Gasteiger partial charge in [-0.3, -0.25) is 4.79 Å². The zero-order valence-electron chi connectivity index (χ0n) is 4.37. The molecular weight excluding hydrogens is 136 g/mol. The highest BCUT2D eigenvalue weighted by atomic mass is 32.1. The molecule has 0 aliphatic heterocycles. The number of nitrogens with zero attached hydrogens (tertiary/aromatic N) is 2. The van der Waals surface area contributed by atoms with Crippen LogP contribution in [0.3, 0.4) is 0 Å². The summed E-state index contributed by atoms with van der Waals surface area (Å²) < 4.78 is 0. The second-order valence-electron chi connectivity index (χ2n) is 1.31. The smallest absolute Gasteiger partial charge is 0.195 e. The number of nitriles is 1. The molecule has 3 nitrogen and oxygen atoms in total.